The van der Waals surface area contributed by atoms with Crippen LogP contribution in [0.5, 0.6) is 0 Å². The van der Waals surface area contributed by atoms with E-state index in [1.807, 2.05) is 55.0 Å². The summed E-state index contributed by atoms with van der Waals surface area (Å²) in [5.41, 5.74) is 22.0. The van der Waals surface area contributed by atoms with Crippen molar-refractivity contribution in [2.24, 2.45) is 0 Å². The van der Waals surface area contributed by atoms with Gasteiger partial charge < -0.3 is 15.0 Å². The van der Waals surface area contributed by atoms with Gasteiger partial charge in [-0.3, -0.25) is 0 Å². The Morgan fingerprint density at radius 2 is 0.597 bits per heavy atom. The van der Waals surface area contributed by atoms with E-state index in [1.54, 1.807) is 0 Å². The summed E-state index contributed by atoms with van der Waals surface area (Å²) < 4.78 is 2.98. The zero-order valence-corrected chi connectivity index (χ0v) is 43.8. The maximum atomic E-state index is 4.99. The van der Waals surface area contributed by atoms with Gasteiger partial charge in [0.05, 0.1) is 0 Å². The van der Waals surface area contributed by atoms with E-state index in [2.05, 4.69) is 214 Å². The van der Waals surface area contributed by atoms with Gasteiger partial charge in [-0.25, -0.2) is 0 Å². The van der Waals surface area contributed by atoms with Crippen LogP contribution in [0.2, 0.25) is 0 Å². The molecule has 3 nitrogen and oxygen atoms in total. The van der Waals surface area contributed by atoms with Crippen LogP contribution >= 0.6 is 47.8 Å². The molecule has 0 unspecified atom stereocenters. The molecule has 0 fully saturated rings. The van der Waals surface area contributed by atoms with Crippen molar-refractivity contribution in [1.82, 2.24) is 15.0 Å². The Bertz CT molecular complexity index is 3100. The summed E-state index contributed by atoms with van der Waals surface area (Å²) in [6, 6.07) is 67.4. The Balaban J connectivity index is 0.00000562. The van der Waals surface area contributed by atoms with E-state index in [-0.39, 0.29) is 20.1 Å². The average molecular weight is 1230 g/mol. The molecule has 0 atom stereocenters. The fourth-order valence-corrected chi connectivity index (χ4v) is 9.80. The van der Waals surface area contributed by atoms with E-state index in [0.717, 1.165) is 131 Å². The molecule has 0 spiro atoms. The first kappa shape index (κ1) is 46.2. The van der Waals surface area contributed by atoms with E-state index in [4.69, 9.17) is 15.0 Å². The normalized spacial score (nSPS) is 11.0. The van der Waals surface area contributed by atoms with Crippen LogP contribution in [0.3, 0.4) is 0 Å². The Labute approximate surface area is 431 Å². The van der Waals surface area contributed by atoms with Gasteiger partial charge in [-0.15, -0.1) is 89.5 Å². The number of pyridine rings is 3. The molecule has 0 radical (unpaired) electrons. The van der Waals surface area contributed by atoms with E-state index in [1.165, 1.54) is 0 Å². The van der Waals surface area contributed by atoms with Crippen LogP contribution in [0.25, 0.3) is 101 Å². The molecular formula is C60H39Br3IrN3. The average Bonchev–Trinajstić information content (AvgIpc) is 3.34. The summed E-state index contributed by atoms with van der Waals surface area (Å²) in [4.78, 5) is 15.0. The van der Waals surface area contributed by atoms with Gasteiger partial charge >= 0.3 is 20.1 Å². The van der Waals surface area contributed by atoms with E-state index >= 15 is 0 Å². The number of hydrogen-bond donors (Lipinski definition) is 0. The Morgan fingerprint density at radius 1 is 0.328 bits per heavy atom. The maximum absolute atomic E-state index is 4.99. The first-order valence-electron chi connectivity index (χ1n) is 21.5. The second kappa shape index (κ2) is 20.1. The molecule has 10 rings (SSSR count). The van der Waals surface area contributed by atoms with Crippen molar-refractivity contribution < 1.29 is 20.1 Å². The van der Waals surface area contributed by atoms with Crippen LogP contribution in [0.1, 0.15) is 16.7 Å². The summed E-state index contributed by atoms with van der Waals surface area (Å²) in [7, 11) is 0. The summed E-state index contributed by atoms with van der Waals surface area (Å²) in [5, 5.41) is 0. The summed E-state index contributed by atoms with van der Waals surface area (Å²) in [6.07, 6.45) is 6.01. The van der Waals surface area contributed by atoms with Gasteiger partial charge in [-0.05, 0) is 123 Å². The van der Waals surface area contributed by atoms with Gasteiger partial charge in [0, 0.05) is 35.3 Å². The molecule has 7 aromatic carbocycles. The minimum absolute atomic E-state index is 0. The number of aromatic nitrogens is 3. The summed E-state index contributed by atoms with van der Waals surface area (Å²) >= 11 is 10.9. The monoisotopic (exact) mass is 1230 g/mol. The van der Waals surface area contributed by atoms with Crippen molar-refractivity contribution >= 4 is 47.8 Å². The molecule has 3 aromatic heterocycles. The van der Waals surface area contributed by atoms with Gasteiger partial charge in [0.15, 0.2) is 0 Å². The van der Waals surface area contributed by atoms with Gasteiger partial charge in [0.1, 0.15) is 0 Å². The predicted molar refractivity (Wildman–Crippen MR) is 283 cm³/mol. The molecule has 0 saturated carbocycles. The molecule has 7 heteroatoms. The topological polar surface area (TPSA) is 38.7 Å². The van der Waals surface area contributed by atoms with Crippen molar-refractivity contribution in [3.63, 3.8) is 0 Å². The summed E-state index contributed by atoms with van der Waals surface area (Å²) in [5.74, 6) is 0. The minimum atomic E-state index is 0. The molecule has 0 aliphatic heterocycles. The van der Waals surface area contributed by atoms with Crippen LogP contribution in [0, 0.1) is 39.0 Å². The van der Waals surface area contributed by atoms with Gasteiger partial charge in [-0.2, -0.15) is 0 Å². The third-order valence-electron chi connectivity index (χ3n) is 12.0. The first-order valence-corrected chi connectivity index (χ1v) is 23.9. The zero-order valence-electron chi connectivity index (χ0n) is 36.6. The minimum Gasteiger partial charge on any atom is -0.304 e. The van der Waals surface area contributed by atoms with Gasteiger partial charge in [-0.1, -0.05) is 152 Å². The largest absolute Gasteiger partial charge is 3.00 e. The van der Waals surface area contributed by atoms with Crippen LogP contribution in [0.4, 0.5) is 0 Å². The molecule has 0 bridgehead atoms. The van der Waals surface area contributed by atoms with Crippen LogP contribution in [-0.4, -0.2) is 15.0 Å². The van der Waals surface area contributed by atoms with Gasteiger partial charge in [0.25, 0.3) is 0 Å². The van der Waals surface area contributed by atoms with Crippen molar-refractivity contribution in [3.8, 4) is 101 Å². The number of aryl methyl sites for hydroxylation is 3. The Kier molecular flexibility index (Phi) is 13.9. The number of benzene rings is 7. The van der Waals surface area contributed by atoms with Gasteiger partial charge in [0.2, 0.25) is 0 Å². The number of nitrogens with zero attached hydrogens (tertiary/aromatic N) is 3. The number of hydrogen-bond acceptors (Lipinski definition) is 3. The molecule has 0 aliphatic rings. The SMILES string of the molecule is Cc1cc(-c2[c-]ccc(Br)c2)ncc1-c1ccccc1-c1cc(-c2ccccc2-c2cnc(-c3[c-]ccc(Br)c3)cc2C)cc(-c2ccccc2-c2cnc(-c3[c-]ccc(Br)c3)cc2C)c1.[Ir+3]. The Hall–Kier alpha value is -5.92. The smallest absolute Gasteiger partial charge is 0.304 e. The van der Waals surface area contributed by atoms with E-state index in [0.29, 0.717) is 0 Å². The molecule has 324 valence electrons. The molecule has 0 amide bonds. The molecular weight excluding hydrogens is 1190 g/mol. The van der Waals surface area contributed by atoms with Crippen LogP contribution in [-0.2, 0) is 20.1 Å². The van der Waals surface area contributed by atoms with E-state index in [9.17, 15) is 0 Å². The molecule has 10 aromatic rings. The van der Waals surface area contributed by atoms with Crippen LogP contribution < -0.4 is 0 Å². The quantitative estimate of drug-likeness (QED) is 0.135. The fraction of sp³-hybridized carbons (Fsp3) is 0.0500. The zero-order chi connectivity index (χ0) is 45.3. The number of halogens is 3. The number of rotatable bonds is 9. The predicted octanol–water partition coefficient (Wildman–Crippen LogP) is 17.5. The Morgan fingerprint density at radius 3 is 0.851 bits per heavy atom. The second-order valence-corrected chi connectivity index (χ2v) is 19.1. The molecule has 3 heterocycles. The standard InChI is InChI=1S/C60H39Br3N3.Ir/c1-37-25-58(40-13-10-16-46(61)31-40)64-34-55(37)52-22-7-4-19-49(52)43-28-44(50-20-5-8-23-53(50)56-35-65-59(26-38(56)2)41-14-11-17-47(62)32-41)30-45(29-43)51-21-6-9-24-54(51)57-36-66-60(27-39(57)3)42-15-12-18-48(63)33-42;/h4-12,16-36H,1-3H3;/q-3;+3. The van der Waals surface area contributed by atoms with Crippen molar-refractivity contribution in [2.75, 3.05) is 0 Å². The fourth-order valence-electron chi connectivity index (χ4n) is 8.72. The van der Waals surface area contributed by atoms with Crippen molar-refractivity contribution in [3.05, 3.63) is 231 Å². The molecule has 67 heavy (non-hydrogen) atoms. The first-order chi connectivity index (χ1) is 32.2. The molecule has 0 N–H and O–H groups in total. The molecule has 0 aliphatic carbocycles. The third kappa shape index (κ3) is 9.76. The summed E-state index contributed by atoms with van der Waals surface area (Å²) in [6.45, 7) is 6.49. The van der Waals surface area contributed by atoms with Crippen LogP contribution in [0.15, 0.2) is 196 Å². The van der Waals surface area contributed by atoms with Crippen molar-refractivity contribution in [2.45, 2.75) is 20.8 Å². The third-order valence-corrected chi connectivity index (χ3v) is 13.4. The molecule has 0 saturated heterocycles. The van der Waals surface area contributed by atoms with Crippen molar-refractivity contribution in [1.29, 1.82) is 0 Å². The second-order valence-electron chi connectivity index (χ2n) is 16.4. The maximum Gasteiger partial charge on any atom is 3.00 e. The van der Waals surface area contributed by atoms with E-state index < -0.39 is 0 Å².